The quantitative estimate of drug-likeness (QED) is 0.0585. The van der Waals surface area contributed by atoms with E-state index in [2.05, 4.69) is 108 Å². The zero-order valence-electron chi connectivity index (χ0n) is 45.0. The van der Waals surface area contributed by atoms with Crippen molar-refractivity contribution in [3.63, 3.8) is 0 Å². The topological polar surface area (TPSA) is 65.2 Å². The number of phenols is 2. The van der Waals surface area contributed by atoms with E-state index in [1.54, 1.807) is 0 Å². The molecular weight excluding hydrogens is 797 g/mol. The summed E-state index contributed by atoms with van der Waals surface area (Å²) in [6.45, 7) is 40.0. The fourth-order valence-electron chi connectivity index (χ4n) is 11.0. The molecule has 6 heteroatoms. The highest BCUT2D eigenvalue weighted by Gasteiger charge is 2.35. The first-order valence-electron chi connectivity index (χ1n) is 27.4. The van der Waals surface area contributed by atoms with Gasteiger partial charge in [0.25, 0.3) is 0 Å². The molecule has 3 rings (SSSR count). The van der Waals surface area contributed by atoms with Crippen LogP contribution in [0.4, 0.5) is 0 Å². The van der Waals surface area contributed by atoms with Gasteiger partial charge in [-0.1, -0.05) is 127 Å². The lowest BCUT2D eigenvalue weighted by molar-refractivity contribution is -0.929. The van der Waals surface area contributed by atoms with Crippen molar-refractivity contribution in [1.29, 1.82) is 0 Å². The van der Waals surface area contributed by atoms with Crippen molar-refractivity contribution in [1.82, 2.24) is 0 Å². The molecule has 2 atom stereocenters. The molecule has 2 aromatic rings. The Morgan fingerprint density at radius 1 is 0.600 bits per heavy atom. The summed E-state index contributed by atoms with van der Waals surface area (Å²) in [4.78, 5) is 10.5. The van der Waals surface area contributed by atoms with Gasteiger partial charge in [-0.05, 0) is 143 Å². The smallest absolute Gasteiger partial charge is 0.128 e. The number of benzene rings is 2. The van der Waals surface area contributed by atoms with Crippen LogP contribution in [0.5, 0.6) is 11.5 Å². The summed E-state index contributed by atoms with van der Waals surface area (Å²) < 4.78 is 2.59. The number of quaternary nitrogens is 2. The summed E-state index contributed by atoms with van der Waals surface area (Å²) in [6.07, 6.45) is 27.3. The average Bonchev–Trinajstić information content (AvgIpc) is 3.26. The molecule has 0 heterocycles. The van der Waals surface area contributed by atoms with E-state index in [0.717, 1.165) is 47.1 Å². The number of phenolic OH excluding ortho intramolecular Hbond substituents is 2. The minimum atomic E-state index is -0.169. The van der Waals surface area contributed by atoms with Gasteiger partial charge in [0.05, 0.1) is 64.4 Å². The number of rotatable bonds is 31. The third kappa shape index (κ3) is 18.4. The minimum absolute atomic E-state index is 0.00878. The van der Waals surface area contributed by atoms with Crippen LogP contribution in [-0.4, -0.2) is 96.1 Å². The molecule has 0 bridgehead atoms. The van der Waals surface area contributed by atoms with Gasteiger partial charge in [-0.2, -0.15) is 0 Å². The second-order valence-corrected chi connectivity index (χ2v) is 22.9. The zero-order valence-corrected chi connectivity index (χ0v) is 45.0. The summed E-state index contributed by atoms with van der Waals surface area (Å²) in [5.74, 6) is 1.13. The van der Waals surface area contributed by atoms with Gasteiger partial charge in [0.2, 0.25) is 0 Å². The number of hydrogen-bond acceptors (Lipinski definition) is 4. The number of nitrogens with zero attached hydrogens (tertiary/aromatic N) is 4. The van der Waals surface area contributed by atoms with Gasteiger partial charge in [0.1, 0.15) is 11.5 Å². The van der Waals surface area contributed by atoms with E-state index in [1.807, 2.05) is 18.5 Å². The van der Waals surface area contributed by atoms with Crippen LogP contribution in [0, 0.1) is 19.3 Å². The van der Waals surface area contributed by atoms with Gasteiger partial charge in [0.15, 0.2) is 0 Å². The van der Waals surface area contributed by atoms with Gasteiger partial charge < -0.3 is 19.2 Å². The van der Waals surface area contributed by atoms with Crippen molar-refractivity contribution in [3.8, 4) is 11.5 Å². The first-order valence-corrected chi connectivity index (χ1v) is 27.4. The Morgan fingerprint density at radius 3 is 1.45 bits per heavy atom. The minimum Gasteiger partial charge on any atom is -0.507 e. The molecule has 1 saturated carbocycles. The third-order valence-corrected chi connectivity index (χ3v) is 15.3. The molecule has 2 unspecified atom stereocenters. The van der Waals surface area contributed by atoms with Crippen LogP contribution in [0.1, 0.15) is 237 Å². The van der Waals surface area contributed by atoms with E-state index in [9.17, 15) is 10.2 Å². The predicted octanol–water partition coefficient (Wildman–Crippen LogP) is 15.6. The lowest BCUT2D eigenvalue weighted by Crippen LogP contribution is -2.51. The Morgan fingerprint density at radius 2 is 1.02 bits per heavy atom. The summed E-state index contributed by atoms with van der Waals surface area (Å²) in [5, 5.41) is 23.1. The van der Waals surface area contributed by atoms with Gasteiger partial charge in [0, 0.05) is 29.1 Å². The predicted molar refractivity (Wildman–Crippen MR) is 285 cm³/mol. The lowest BCUT2D eigenvalue weighted by atomic mass is 9.73. The summed E-state index contributed by atoms with van der Waals surface area (Å²) >= 11 is 0. The molecule has 2 N–H and O–H groups in total. The van der Waals surface area contributed by atoms with Crippen molar-refractivity contribution >= 4 is 12.4 Å². The molecule has 1 aliphatic carbocycles. The third-order valence-electron chi connectivity index (χ3n) is 15.3. The normalized spacial score (nSPS) is 17.3. The number of unbranched alkanes of at least 4 members (excludes halogenated alkanes) is 6. The Kier molecular flexibility index (Phi) is 24.3. The van der Waals surface area contributed by atoms with E-state index >= 15 is 0 Å². The Hall–Kier alpha value is -2.70. The first-order chi connectivity index (χ1) is 30.9. The second-order valence-electron chi connectivity index (χ2n) is 22.9. The molecule has 6 nitrogen and oxygen atoms in total. The summed E-state index contributed by atoms with van der Waals surface area (Å²) in [7, 11) is 0. The maximum absolute atomic E-state index is 11.7. The van der Waals surface area contributed by atoms with Crippen LogP contribution >= 0.6 is 0 Å². The standard InChI is InChI=1S/C59H102N4O2/c1-14-20-32-62(33-21-15-2,34-22-16-3)38-26-28-49(29-27-39-63(35-23-17-4,36-24-18-5)37-25-19-6)50-42-48(8)56(64)52(43-50)46-61-55-44-59(12,13)31-30-54(55)60-45-51-40-47(7)41-53(57(51)65)58(9,10)11/h40-43,45-46,49,54-55H,14-39,44H2,1-13H3/p+2. The highest BCUT2D eigenvalue weighted by Crippen LogP contribution is 2.40. The SMILES string of the molecule is CCCC[N+](CCCC)(CCCC)CCCC(CCC[N+](CCCC)(CCCC)CCCC)c1cc(C)c(O)c(C=NC2CC(C)(C)CCC2N=Cc2cc(C)cc(C(C)(C)C)c2O)c1. The molecule has 1 aliphatic rings. The highest BCUT2D eigenvalue weighted by atomic mass is 16.3. The zero-order chi connectivity index (χ0) is 48.1. The Balaban J connectivity index is 2.04. The van der Waals surface area contributed by atoms with Crippen molar-refractivity contribution in [3.05, 3.63) is 57.6 Å². The van der Waals surface area contributed by atoms with Crippen LogP contribution in [0.3, 0.4) is 0 Å². The van der Waals surface area contributed by atoms with E-state index < -0.39 is 0 Å². The molecule has 0 aliphatic heterocycles. The van der Waals surface area contributed by atoms with Gasteiger partial charge in [-0.25, -0.2) is 0 Å². The molecule has 1 fully saturated rings. The van der Waals surface area contributed by atoms with Crippen LogP contribution in [0.15, 0.2) is 34.3 Å². The largest absolute Gasteiger partial charge is 0.507 e. The molecule has 0 saturated heterocycles. The van der Waals surface area contributed by atoms with E-state index in [0.29, 0.717) is 17.4 Å². The fourth-order valence-corrected chi connectivity index (χ4v) is 11.0. The van der Waals surface area contributed by atoms with E-state index in [1.165, 1.54) is 170 Å². The van der Waals surface area contributed by atoms with Gasteiger partial charge >= 0.3 is 0 Å². The van der Waals surface area contributed by atoms with Crippen LogP contribution in [0.2, 0.25) is 0 Å². The maximum Gasteiger partial charge on any atom is 0.128 e. The van der Waals surface area contributed by atoms with Crippen molar-refractivity contribution in [2.24, 2.45) is 15.4 Å². The number of aryl methyl sites for hydroxylation is 2. The van der Waals surface area contributed by atoms with Crippen LogP contribution in [0.25, 0.3) is 0 Å². The monoisotopic (exact) mass is 901 g/mol. The molecule has 0 amide bonds. The molecule has 370 valence electrons. The number of aromatic hydroxyl groups is 2. The van der Waals surface area contributed by atoms with Crippen LogP contribution in [-0.2, 0) is 5.41 Å². The molecule has 0 aromatic heterocycles. The maximum atomic E-state index is 11.7. The van der Waals surface area contributed by atoms with Gasteiger partial charge in [-0.15, -0.1) is 0 Å². The Bertz CT molecular complexity index is 1640. The number of hydrogen-bond donors (Lipinski definition) is 2. The average molecular weight is 902 g/mol. The lowest BCUT2D eigenvalue weighted by Gasteiger charge is -2.40. The first kappa shape index (κ1) is 56.6. The summed E-state index contributed by atoms with van der Waals surface area (Å²) in [5.41, 5.74) is 6.03. The van der Waals surface area contributed by atoms with Crippen molar-refractivity contribution < 1.29 is 19.2 Å². The van der Waals surface area contributed by atoms with E-state index in [-0.39, 0.29) is 22.9 Å². The van der Waals surface area contributed by atoms with E-state index in [4.69, 9.17) is 9.98 Å². The van der Waals surface area contributed by atoms with Crippen molar-refractivity contribution in [2.45, 2.75) is 235 Å². The fraction of sp³-hybridized carbons (Fsp3) is 0.763. The molecule has 2 aromatic carbocycles. The van der Waals surface area contributed by atoms with Gasteiger partial charge in [-0.3, -0.25) is 9.98 Å². The highest BCUT2D eigenvalue weighted by molar-refractivity contribution is 5.86. The molecule has 65 heavy (non-hydrogen) atoms. The second kappa shape index (κ2) is 28.0. The van der Waals surface area contributed by atoms with Crippen molar-refractivity contribution in [2.75, 3.05) is 52.4 Å². The molecule has 0 radical (unpaired) electrons. The van der Waals surface area contributed by atoms with Crippen LogP contribution < -0.4 is 0 Å². The molecule has 0 spiro atoms. The molecular formula is C59H104N4O2+2. The number of aliphatic imine (C=N–C) groups is 2. The Labute approximate surface area is 402 Å². The summed E-state index contributed by atoms with van der Waals surface area (Å²) in [6, 6.07) is 8.76.